The molecule has 0 bridgehead atoms. The van der Waals surface area contributed by atoms with Crippen LogP contribution in [0, 0.1) is 11.3 Å². The number of halogens is 3. The molecule has 20 heavy (non-hydrogen) atoms. The maximum atomic E-state index is 13.3. The molecule has 0 radical (unpaired) electrons. The Hall–Kier alpha value is -0.780. The van der Waals surface area contributed by atoms with Crippen molar-refractivity contribution >= 4 is 5.97 Å². The Morgan fingerprint density at radius 1 is 1.35 bits per heavy atom. The average Bonchev–Trinajstić information content (AvgIpc) is 2.89. The topological polar surface area (TPSA) is 38.3 Å². The molecule has 2 fully saturated rings. The van der Waals surface area contributed by atoms with Gasteiger partial charge in [0.25, 0.3) is 0 Å². The number of hydrogen-bond acceptors (Lipinski definition) is 3. The molecule has 0 aromatic carbocycles. The first-order valence-corrected chi connectivity index (χ1v) is 7.39. The minimum Gasteiger partial charge on any atom is -0.461 e. The molecule has 6 heteroatoms. The van der Waals surface area contributed by atoms with E-state index in [4.69, 9.17) is 4.74 Å². The van der Waals surface area contributed by atoms with Crippen molar-refractivity contribution in [3.05, 3.63) is 0 Å². The molecule has 1 aliphatic heterocycles. The van der Waals surface area contributed by atoms with Crippen LogP contribution >= 0.6 is 0 Å². The summed E-state index contributed by atoms with van der Waals surface area (Å²) in [6, 6.07) is 0. The van der Waals surface area contributed by atoms with E-state index in [1.807, 2.05) is 6.92 Å². The Labute approximate surface area is 117 Å². The van der Waals surface area contributed by atoms with Crippen molar-refractivity contribution in [2.75, 3.05) is 13.1 Å². The second kappa shape index (κ2) is 5.92. The average molecular weight is 293 g/mol. The minimum absolute atomic E-state index is 0.201. The van der Waals surface area contributed by atoms with E-state index in [0.29, 0.717) is 6.42 Å². The van der Waals surface area contributed by atoms with E-state index >= 15 is 0 Å². The summed E-state index contributed by atoms with van der Waals surface area (Å²) >= 11 is 0. The first-order chi connectivity index (χ1) is 9.40. The molecule has 1 aliphatic carbocycles. The zero-order valence-electron chi connectivity index (χ0n) is 11.8. The fourth-order valence-electron chi connectivity index (χ4n) is 3.27. The number of alkyl halides is 3. The van der Waals surface area contributed by atoms with E-state index in [1.54, 1.807) is 0 Å². The first-order valence-electron chi connectivity index (χ1n) is 7.39. The summed E-state index contributed by atoms with van der Waals surface area (Å²) in [5.74, 6) is -0.882. The van der Waals surface area contributed by atoms with Gasteiger partial charge in [0.1, 0.15) is 6.10 Å². The van der Waals surface area contributed by atoms with Crippen molar-refractivity contribution in [1.82, 2.24) is 5.32 Å². The molecule has 0 aromatic rings. The number of nitrogens with one attached hydrogen (secondary N) is 1. The lowest BCUT2D eigenvalue weighted by Crippen LogP contribution is -2.49. The van der Waals surface area contributed by atoms with Crippen molar-refractivity contribution in [3.63, 3.8) is 0 Å². The summed E-state index contributed by atoms with van der Waals surface area (Å²) in [5, 5.41) is 2.64. The number of hydrogen-bond donors (Lipinski definition) is 1. The lowest BCUT2D eigenvalue weighted by Gasteiger charge is -2.35. The predicted octanol–water partition coefficient (Wildman–Crippen LogP) is 3.04. The van der Waals surface area contributed by atoms with Crippen LogP contribution in [-0.4, -0.2) is 31.3 Å². The number of carbonyl (C=O) groups excluding carboxylic acids is 1. The lowest BCUT2D eigenvalue weighted by atomic mass is 9.83. The molecule has 3 unspecified atom stereocenters. The summed E-state index contributed by atoms with van der Waals surface area (Å²) in [6.07, 6.45) is -0.666. The maximum absolute atomic E-state index is 13.3. The van der Waals surface area contributed by atoms with Crippen molar-refractivity contribution in [3.8, 4) is 0 Å². The van der Waals surface area contributed by atoms with Gasteiger partial charge in [0.15, 0.2) is 5.41 Å². The molecule has 0 aromatic heterocycles. The Bertz CT molecular complexity index is 351. The Kier molecular flexibility index (Phi) is 4.62. The van der Waals surface area contributed by atoms with E-state index in [9.17, 15) is 18.0 Å². The van der Waals surface area contributed by atoms with Gasteiger partial charge in [0.05, 0.1) is 0 Å². The van der Waals surface area contributed by atoms with Crippen LogP contribution in [-0.2, 0) is 9.53 Å². The van der Waals surface area contributed by atoms with Gasteiger partial charge in [-0.2, -0.15) is 13.2 Å². The first kappa shape index (κ1) is 15.6. The largest absolute Gasteiger partial charge is 0.461 e. The van der Waals surface area contributed by atoms with Crippen LogP contribution in [0.5, 0.6) is 0 Å². The second-order valence-corrected chi connectivity index (χ2v) is 5.90. The normalized spacial score (nSPS) is 35.0. The third-order valence-electron chi connectivity index (χ3n) is 4.71. The zero-order chi connectivity index (χ0) is 14.8. The fourth-order valence-corrected chi connectivity index (χ4v) is 3.27. The quantitative estimate of drug-likeness (QED) is 0.813. The Morgan fingerprint density at radius 2 is 2.05 bits per heavy atom. The van der Waals surface area contributed by atoms with Gasteiger partial charge in [0, 0.05) is 6.54 Å². The molecule has 116 valence electrons. The summed E-state index contributed by atoms with van der Waals surface area (Å²) in [4.78, 5) is 12.2. The van der Waals surface area contributed by atoms with Crippen LogP contribution in [0.2, 0.25) is 0 Å². The maximum Gasteiger partial charge on any atom is 0.406 e. The summed E-state index contributed by atoms with van der Waals surface area (Å²) in [5.41, 5.74) is -2.34. The molecule has 1 saturated heterocycles. The molecule has 0 amide bonds. The Balaban J connectivity index is 2.09. The molecule has 1 saturated carbocycles. The molecule has 0 spiro atoms. The smallest absolute Gasteiger partial charge is 0.406 e. The fraction of sp³-hybridized carbons (Fsp3) is 0.929. The van der Waals surface area contributed by atoms with Gasteiger partial charge >= 0.3 is 12.1 Å². The minimum atomic E-state index is -4.55. The zero-order valence-corrected chi connectivity index (χ0v) is 11.8. The van der Waals surface area contributed by atoms with Crippen molar-refractivity contribution in [2.45, 2.75) is 57.7 Å². The molecule has 1 heterocycles. The third-order valence-corrected chi connectivity index (χ3v) is 4.71. The van der Waals surface area contributed by atoms with E-state index < -0.39 is 17.6 Å². The van der Waals surface area contributed by atoms with E-state index in [0.717, 1.165) is 25.7 Å². The van der Waals surface area contributed by atoms with Gasteiger partial charge in [-0.15, -0.1) is 0 Å². The number of esters is 1. The van der Waals surface area contributed by atoms with E-state index in [1.165, 1.54) is 0 Å². The Morgan fingerprint density at radius 3 is 2.60 bits per heavy atom. The van der Waals surface area contributed by atoms with Crippen LogP contribution in [0.3, 0.4) is 0 Å². The SMILES string of the molecule is CCC1CCCCC1OC(=O)C1(C(F)(F)F)CCNC1. The van der Waals surface area contributed by atoms with Crippen LogP contribution in [0.1, 0.15) is 45.4 Å². The highest BCUT2D eigenvalue weighted by Gasteiger charge is 2.63. The standard InChI is InChI=1S/C14H22F3NO2/c1-2-10-5-3-4-6-11(10)20-12(19)13(14(15,16)17)7-8-18-9-13/h10-11,18H,2-9H2,1H3. The monoisotopic (exact) mass is 293 g/mol. The van der Waals surface area contributed by atoms with Crippen LogP contribution in [0.4, 0.5) is 13.2 Å². The van der Waals surface area contributed by atoms with Gasteiger partial charge < -0.3 is 10.1 Å². The highest BCUT2D eigenvalue weighted by molar-refractivity contribution is 5.79. The predicted molar refractivity (Wildman–Crippen MR) is 68.1 cm³/mol. The van der Waals surface area contributed by atoms with Crippen LogP contribution in [0.25, 0.3) is 0 Å². The summed E-state index contributed by atoms with van der Waals surface area (Å²) in [7, 11) is 0. The molecule has 2 aliphatic rings. The van der Waals surface area contributed by atoms with Gasteiger partial charge in [0.2, 0.25) is 0 Å². The second-order valence-electron chi connectivity index (χ2n) is 5.90. The van der Waals surface area contributed by atoms with Crippen LogP contribution in [0.15, 0.2) is 0 Å². The molecular weight excluding hydrogens is 271 g/mol. The van der Waals surface area contributed by atoms with E-state index in [2.05, 4.69) is 5.32 Å². The number of rotatable bonds is 3. The molecule has 1 N–H and O–H groups in total. The van der Waals surface area contributed by atoms with E-state index in [-0.39, 0.29) is 31.5 Å². The van der Waals surface area contributed by atoms with Gasteiger partial charge in [-0.25, -0.2) is 0 Å². The van der Waals surface area contributed by atoms with Crippen molar-refractivity contribution in [2.24, 2.45) is 11.3 Å². The van der Waals surface area contributed by atoms with Crippen molar-refractivity contribution < 1.29 is 22.7 Å². The summed E-state index contributed by atoms with van der Waals surface area (Å²) < 4.78 is 45.1. The van der Waals surface area contributed by atoms with Gasteiger partial charge in [-0.3, -0.25) is 4.79 Å². The number of carbonyl (C=O) groups is 1. The molecule has 3 atom stereocenters. The van der Waals surface area contributed by atoms with Gasteiger partial charge in [-0.1, -0.05) is 13.3 Å². The number of ether oxygens (including phenoxy) is 1. The molecular formula is C14H22F3NO2. The highest BCUT2D eigenvalue weighted by atomic mass is 19.4. The lowest BCUT2D eigenvalue weighted by molar-refractivity contribution is -0.233. The molecule has 2 rings (SSSR count). The van der Waals surface area contributed by atoms with Gasteiger partial charge in [-0.05, 0) is 44.6 Å². The molecule has 3 nitrogen and oxygen atoms in total. The summed E-state index contributed by atoms with van der Waals surface area (Å²) in [6.45, 7) is 1.84. The van der Waals surface area contributed by atoms with Crippen LogP contribution < -0.4 is 5.32 Å². The highest BCUT2D eigenvalue weighted by Crippen LogP contribution is 2.45. The van der Waals surface area contributed by atoms with Crippen molar-refractivity contribution in [1.29, 1.82) is 0 Å². The third kappa shape index (κ3) is 2.80.